The van der Waals surface area contributed by atoms with Crippen LogP contribution >= 0.6 is 0 Å². The van der Waals surface area contributed by atoms with Crippen LogP contribution in [-0.2, 0) is 0 Å². The maximum absolute atomic E-state index is 4.11. The molecule has 92 valence electrons. The van der Waals surface area contributed by atoms with Crippen molar-refractivity contribution in [2.24, 2.45) is 0 Å². The molecule has 0 unspecified atom stereocenters. The highest BCUT2D eigenvalue weighted by Crippen LogP contribution is 2.22. The summed E-state index contributed by atoms with van der Waals surface area (Å²) in [5.41, 5.74) is 4.29. The molecule has 18 heavy (non-hydrogen) atoms. The number of hydrogen-bond donors (Lipinski definition) is 0. The summed E-state index contributed by atoms with van der Waals surface area (Å²) in [6, 6.07) is 12.2. The second kappa shape index (κ2) is 7.23. The van der Waals surface area contributed by atoms with Crippen LogP contribution in [0.15, 0.2) is 68.0 Å². The first kappa shape index (κ1) is 13.9. The van der Waals surface area contributed by atoms with Gasteiger partial charge in [0, 0.05) is 18.0 Å². The Hall–Kier alpha value is -2.15. The smallest absolute Gasteiger partial charge is 0.0346 e. The van der Waals surface area contributed by atoms with Gasteiger partial charge in [-0.3, -0.25) is 4.98 Å². The van der Waals surface area contributed by atoms with Crippen molar-refractivity contribution in [2.75, 3.05) is 0 Å². The van der Waals surface area contributed by atoms with E-state index in [0.29, 0.717) is 0 Å². The van der Waals surface area contributed by atoms with E-state index in [1.807, 2.05) is 44.3 Å². The van der Waals surface area contributed by atoms with Gasteiger partial charge in [0.2, 0.25) is 0 Å². The SMILES string of the molecule is C=CC(=C)c1cccc(-c2cccnc2)c1.CC. The average Bonchev–Trinajstić information content (AvgIpc) is 2.49. The molecular weight excluding hydrogens is 218 g/mol. The van der Waals surface area contributed by atoms with Crippen LogP contribution in [0.25, 0.3) is 16.7 Å². The summed E-state index contributed by atoms with van der Waals surface area (Å²) >= 11 is 0. The maximum Gasteiger partial charge on any atom is 0.0346 e. The van der Waals surface area contributed by atoms with Crippen LogP contribution < -0.4 is 0 Å². The van der Waals surface area contributed by atoms with Gasteiger partial charge in [-0.1, -0.05) is 57.3 Å². The lowest BCUT2D eigenvalue weighted by Crippen LogP contribution is -1.83. The Morgan fingerprint density at radius 3 is 2.44 bits per heavy atom. The van der Waals surface area contributed by atoms with Crippen molar-refractivity contribution in [3.8, 4) is 11.1 Å². The lowest BCUT2D eigenvalue weighted by molar-refractivity contribution is 1.33. The zero-order chi connectivity index (χ0) is 13.4. The summed E-state index contributed by atoms with van der Waals surface area (Å²) in [6.45, 7) is 11.7. The van der Waals surface area contributed by atoms with Gasteiger partial charge in [0.05, 0.1) is 0 Å². The van der Waals surface area contributed by atoms with Crippen molar-refractivity contribution in [3.63, 3.8) is 0 Å². The van der Waals surface area contributed by atoms with Crippen LogP contribution in [0.1, 0.15) is 19.4 Å². The second-order valence-electron chi connectivity index (χ2n) is 3.55. The Kier molecular flexibility index (Phi) is 5.59. The molecule has 1 aromatic carbocycles. The summed E-state index contributed by atoms with van der Waals surface area (Å²) in [5.74, 6) is 0. The van der Waals surface area contributed by atoms with Gasteiger partial charge in [0.25, 0.3) is 0 Å². The van der Waals surface area contributed by atoms with Crippen LogP contribution in [0.3, 0.4) is 0 Å². The van der Waals surface area contributed by atoms with Gasteiger partial charge in [0.15, 0.2) is 0 Å². The molecule has 0 N–H and O–H groups in total. The van der Waals surface area contributed by atoms with Gasteiger partial charge >= 0.3 is 0 Å². The van der Waals surface area contributed by atoms with Gasteiger partial charge in [-0.15, -0.1) is 0 Å². The molecule has 1 heteroatoms. The van der Waals surface area contributed by atoms with Crippen LogP contribution in [0.4, 0.5) is 0 Å². The lowest BCUT2D eigenvalue weighted by atomic mass is 10.0. The molecule has 0 amide bonds. The molecule has 0 bridgehead atoms. The fourth-order valence-corrected chi connectivity index (χ4v) is 1.55. The van der Waals surface area contributed by atoms with E-state index >= 15 is 0 Å². The third kappa shape index (κ3) is 3.42. The molecule has 2 aromatic rings. The highest BCUT2D eigenvalue weighted by atomic mass is 14.6. The summed E-state index contributed by atoms with van der Waals surface area (Å²) in [5, 5.41) is 0. The Labute approximate surface area is 110 Å². The van der Waals surface area contributed by atoms with E-state index < -0.39 is 0 Å². The van der Waals surface area contributed by atoms with Gasteiger partial charge in [-0.25, -0.2) is 0 Å². The monoisotopic (exact) mass is 237 g/mol. The topological polar surface area (TPSA) is 12.9 Å². The predicted octanol–water partition coefficient (Wildman–Crippen LogP) is 4.97. The molecule has 1 nitrogen and oxygen atoms in total. The number of nitrogens with zero attached hydrogens (tertiary/aromatic N) is 1. The normalized spacial score (nSPS) is 9.00. The van der Waals surface area contributed by atoms with E-state index in [0.717, 1.165) is 22.3 Å². The Bertz CT molecular complexity index is 512. The Balaban J connectivity index is 0.000000771. The Morgan fingerprint density at radius 1 is 1.11 bits per heavy atom. The number of benzene rings is 1. The van der Waals surface area contributed by atoms with E-state index in [4.69, 9.17) is 0 Å². The minimum absolute atomic E-state index is 0.936. The van der Waals surface area contributed by atoms with Crippen molar-refractivity contribution in [1.82, 2.24) is 4.98 Å². The lowest BCUT2D eigenvalue weighted by Gasteiger charge is -2.04. The van der Waals surface area contributed by atoms with Gasteiger partial charge in [-0.2, -0.15) is 0 Å². The molecule has 0 atom stereocenters. The highest BCUT2D eigenvalue weighted by Gasteiger charge is 1.99. The molecule has 1 heterocycles. The van der Waals surface area contributed by atoms with E-state index in [1.165, 1.54) is 0 Å². The molecule has 0 saturated carbocycles. The van der Waals surface area contributed by atoms with Crippen LogP contribution in [0.2, 0.25) is 0 Å². The van der Waals surface area contributed by atoms with E-state index in [-0.39, 0.29) is 0 Å². The maximum atomic E-state index is 4.11. The van der Waals surface area contributed by atoms with Crippen LogP contribution in [0, 0.1) is 0 Å². The summed E-state index contributed by atoms with van der Waals surface area (Å²) < 4.78 is 0. The average molecular weight is 237 g/mol. The first-order valence-corrected chi connectivity index (χ1v) is 6.13. The molecule has 1 aromatic heterocycles. The third-order valence-electron chi connectivity index (χ3n) is 2.47. The zero-order valence-electron chi connectivity index (χ0n) is 11.1. The minimum Gasteiger partial charge on any atom is -0.264 e. The third-order valence-corrected chi connectivity index (χ3v) is 2.47. The zero-order valence-corrected chi connectivity index (χ0v) is 11.1. The molecule has 0 spiro atoms. The molecule has 0 saturated heterocycles. The van der Waals surface area contributed by atoms with Crippen LogP contribution in [0.5, 0.6) is 0 Å². The van der Waals surface area contributed by atoms with Crippen molar-refractivity contribution in [2.45, 2.75) is 13.8 Å². The van der Waals surface area contributed by atoms with Crippen molar-refractivity contribution >= 4 is 5.57 Å². The fourth-order valence-electron chi connectivity index (χ4n) is 1.55. The molecular formula is C17H19N. The molecule has 0 aliphatic rings. The number of allylic oxidation sites excluding steroid dienone is 2. The van der Waals surface area contributed by atoms with Crippen molar-refractivity contribution in [3.05, 3.63) is 73.6 Å². The number of pyridine rings is 1. The summed E-state index contributed by atoms with van der Waals surface area (Å²) in [6.07, 6.45) is 5.40. The minimum atomic E-state index is 0.936. The fraction of sp³-hybridized carbons (Fsp3) is 0.118. The van der Waals surface area contributed by atoms with Crippen molar-refractivity contribution < 1.29 is 0 Å². The molecule has 0 aliphatic heterocycles. The van der Waals surface area contributed by atoms with Gasteiger partial charge in [-0.05, 0) is 28.8 Å². The first-order valence-electron chi connectivity index (χ1n) is 6.13. The van der Waals surface area contributed by atoms with Gasteiger partial charge in [0.1, 0.15) is 0 Å². The molecule has 0 aliphatic carbocycles. The largest absolute Gasteiger partial charge is 0.264 e. The quantitative estimate of drug-likeness (QED) is 0.686. The predicted molar refractivity (Wildman–Crippen MR) is 80.3 cm³/mol. The number of aromatic nitrogens is 1. The second-order valence-corrected chi connectivity index (χ2v) is 3.55. The Morgan fingerprint density at radius 2 is 1.83 bits per heavy atom. The standard InChI is InChI=1S/C15H13N.C2H6/c1-3-12(2)13-6-4-7-14(10-13)15-8-5-9-16-11-15;1-2/h3-11H,1-2H2;1-2H3. The summed E-state index contributed by atoms with van der Waals surface area (Å²) in [4.78, 5) is 4.11. The first-order chi connectivity index (χ1) is 8.81. The molecule has 0 radical (unpaired) electrons. The van der Waals surface area contributed by atoms with E-state index in [2.05, 4.69) is 30.3 Å². The van der Waals surface area contributed by atoms with Gasteiger partial charge < -0.3 is 0 Å². The number of rotatable bonds is 3. The van der Waals surface area contributed by atoms with E-state index in [9.17, 15) is 0 Å². The molecule has 2 rings (SSSR count). The van der Waals surface area contributed by atoms with Crippen LogP contribution in [-0.4, -0.2) is 4.98 Å². The molecule has 0 fully saturated rings. The summed E-state index contributed by atoms with van der Waals surface area (Å²) in [7, 11) is 0. The highest BCUT2D eigenvalue weighted by molar-refractivity contribution is 5.75. The van der Waals surface area contributed by atoms with E-state index in [1.54, 1.807) is 12.3 Å². The number of hydrogen-bond acceptors (Lipinski definition) is 1. The van der Waals surface area contributed by atoms with Crippen molar-refractivity contribution in [1.29, 1.82) is 0 Å².